The number of rotatable bonds is 7. The fraction of sp³-hybridized carbons (Fsp3) is 0.333. The summed E-state index contributed by atoms with van der Waals surface area (Å²) in [5, 5.41) is 18.3. The maximum Gasteiger partial charge on any atom is 0.251 e. The smallest absolute Gasteiger partial charge is 0.251 e. The molecule has 1 N–H and O–H groups in total. The number of tetrazole rings is 1. The molecule has 0 saturated heterocycles. The van der Waals surface area contributed by atoms with E-state index in [-0.39, 0.29) is 18.4 Å². The Bertz CT molecular complexity index is 1290. The maximum absolute atomic E-state index is 13.6. The van der Waals surface area contributed by atoms with Gasteiger partial charge in [-0.15, -0.1) is 21.5 Å². The number of thiophene rings is 1. The van der Waals surface area contributed by atoms with Crippen molar-refractivity contribution in [2.75, 3.05) is 4.90 Å². The van der Waals surface area contributed by atoms with Gasteiger partial charge in [0.05, 0.1) is 22.3 Å². The van der Waals surface area contributed by atoms with Gasteiger partial charge in [-0.2, -0.15) is 4.80 Å². The van der Waals surface area contributed by atoms with Gasteiger partial charge in [0.1, 0.15) is 12.6 Å². The molecule has 176 valence electrons. The first-order valence-corrected chi connectivity index (χ1v) is 11.9. The molecule has 2 amide bonds. The van der Waals surface area contributed by atoms with Crippen molar-refractivity contribution in [2.24, 2.45) is 0 Å². The van der Waals surface area contributed by atoms with Crippen LogP contribution in [-0.4, -0.2) is 48.6 Å². The number of amides is 2. The number of carbonyl (C=O) groups is 2. The van der Waals surface area contributed by atoms with E-state index in [0.717, 1.165) is 15.8 Å². The van der Waals surface area contributed by atoms with Crippen LogP contribution >= 0.6 is 11.3 Å². The number of benzene rings is 1. The van der Waals surface area contributed by atoms with E-state index in [9.17, 15) is 9.59 Å². The topological polar surface area (TPSA) is 106 Å². The fourth-order valence-electron chi connectivity index (χ4n) is 3.64. The van der Waals surface area contributed by atoms with Crippen molar-refractivity contribution >= 4 is 39.7 Å². The number of hydrogen-bond donors (Lipinski definition) is 1. The summed E-state index contributed by atoms with van der Waals surface area (Å²) in [5.41, 5.74) is 0.909. The van der Waals surface area contributed by atoms with E-state index < -0.39 is 11.6 Å². The molecule has 10 heteroatoms. The van der Waals surface area contributed by atoms with Crippen LogP contribution in [0.15, 0.2) is 54.0 Å². The molecule has 9 nitrogen and oxygen atoms in total. The number of pyridine rings is 1. The zero-order valence-corrected chi connectivity index (χ0v) is 20.4. The monoisotopic (exact) mass is 477 g/mol. The summed E-state index contributed by atoms with van der Waals surface area (Å²) in [6.45, 7) is 7.45. The molecular weight excluding hydrogens is 450 g/mol. The van der Waals surface area contributed by atoms with Gasteiger partial charge < -0.3 is 5.32 Å². The summed E-state index contributed by atoms with van der Waals surface area (Å²) >= 11 is 1.50. The molecule has 34 heavy (non-hydrogen) atoms. The fourth-order valence-corrected chi connectivity index (χ4v) is 4.29. The average molecular weight is 478 g/mol. The first-order chi connectivity index (χ1) is 16.2. The third kappa shape index (κ3) is 5.28. The second kappa shape index (κ2) is 9.68. The SMILES string of the molecule is CC[C@H](C(=O)NC(C)(C)C)N(C(=O)Cn1nnc(-c2cccs2)n1)c1cnc2ccccc2c1. The van der Waals surface area contributed by atoms with Crippen LogP contribution in [0.5, 0.6) is 0 Å². The van der Waals surface area contributed by atoms with Gasteiger partial charge in [-0.3, -0.25) is 19.5 Å². The molecule has 0 bridgehead atoms. The van der Waals surface area contributed by atoms with Crippen LogP contribution in [0.1, 0.15) is 34.1 Å². The zero-order chi connectivity index (χ0) is 24.3. The standard InChI is InChI=1S/C24H27N7O2S/c1-5-19(23(33)26-24(2,3)4)31(17-13-16-9-6-7-10-18(16)25-14-17)21(32)15-30-28-22(27-29-30)20-11-8-12-34-20/h6-14,19H,5,15H2,1-4H3,(H,26,33)/t19-/m1/s1. The summed E-state index contributed by atoms with van der Waals surface area (Å²) in [7, 11) is 0. The summed E-state index contributed by atoms with van der Waals surface area (Å²) in [5.74, 6) is -0.107. The first-order valence-electron chi connectivity index (χ1n) is 11.1. The molecule has 4 rings (SSSR count). The Balaban J connectivity index is 1.68. The molecule has 0 saturated carbocycles. The van der Waals surface area contributed by atoms with Crippen LogP contribution in [0, 0.1) is 0 Å². The Morgan fingerprint density at radius 2 is 1.97 bits per heavy atom. The maximum atomic E-state index is 13.6. The van der Waals surface area contributed by atoms with E-state index in [1.807, 2.05) is 75.5 Å². The van der Waals surface area contributed by atoms with Crippen molar-refractivity contribution in [1.29, 1.82) is 0 Å². The van der Waals surface area contributed by atoms with E-state index in [2.05, 4.69) is 25.7 Å². The molecular formula is C24H27N7O2S. The number of para-hydroxylation sites is 1. The Morgan fingerprint density at radius 3 is 2.68 bits per heavy atom. The minimum Gasteiger partial charge on any atom is -0.350 e. The molecule has 3 aromatic heterocycles. The zero-order valence-electron chi connectivity index (χ0n) is 19.6. The van der Waals surface area contributed by atoms with Gasteiger partial charge in [-0.25, -0.2) is 0 Å². The van der Waals surface area contributed by atoms with Crippen molar-refractivity contribution in [1.82, 2.24) is 30.5 Å². The second-order valence-corrected chi connectivity index (χ2v) is 9.88. The average Bonchev–Trinajstić information content (AvgIpc) is 3.47. The highest BCUT2D eigenvalue weighted by Gasteiger charge is 2.32. The minimum atomic E-state index is -0.727. The third-order valence-corrected chi connectivity index (χ3v) is 5.96. The van der Waals surface area contributed by atoms with E-state index in [4.69, 9.17) is 0 Å². The Morgan fingerprint density at radius 1 is 1.18 bits per heavy atom. The number of carbonyl (C=O) groups excluding carboxylic acids is 2. The van der Waals surface area contributed by atoms with Crippen molar-refractivity contribution < 1.29 is 9.59 Å². The molecule has 1 aromatic carbocycles. The van der Waals surface area contributed by atoms with Gasteiger partial charge in [0.2, 0.25) is 11.7 Å². The van der Waals surface area contributed by atoms with E-state index >= 15 is 0 Å². The van der Waals surface area contributed by atoms with Gasteiger partial charge in [0.15, 0.2) is 0 Å². The lowest BCUT2D eigenvalue weighted by Gasteiger charge is -2.32. The van der Waals surface area contributed by atoms with Crippen LogP contribution in [-0.2, 0) is 16.1 Å². The number of fused-ring (bicyclic) bond motifs is 1. The molecule has 0 spiro atoms. The Hall–Kier alpha value is -3.66. The van der Waals surface area contributed by atoms with E-state index in [0.29, 0.717) is 17.9 Å². The minimum absolute atomic E-state index is 0.162. The second-order valence-electron chi connectivity index (χ2n) is 8.93. The lowest BCUT2D eigenvalue weighted by molar-refractivity contribution is -0.128. The molecule has 0 aliphatic heterocycles. The predicted molar refractivity (Wildman–Crippen MR) is 132 cm³/mol. The highest BCUT2D eigenvalue weighted by Crippen LogP contribution is 2.24. The van der Waals surface area contributed by atoms with Crippen molar-refractivity contribution in [2.45, 2.75) is 52.2 Å². The lowest BCUT2D eigenvalue weighted by Crippen LogP contribution is -2.54. The van der Waals surface area contributed by atoms with Gasteiger partial charge >= 0.3 is 0 Å². The third-order valence-electron chi connectivity index (χ3n) is 5.09. The van der Waals surface area contributed by atoms with Gasteiger partial charge in [-0.05, 0) is 56.0 Å². The Labute approximate surface area is 201 Å². The first kappa shape index (κ1) is 23.5. The molecule has 4 aromatic rings. The number of hydrogen-bond acceptors (Lipinski definition) is 7. The highest BCUT2D eigenvalue weighted by atomic mass is 32.1. The molecule has 0 radical (unpaired) electrons. The van der Waals surface area contributed by atoms with Gasteiger partial charge in [-0.1, -0.05) is 31.2 Å². The van der Waals surface area contributed by atoms with Crippen molar-refractivity contribution in [3.8, 4) is 10.7 Å². The van der Waals surface area contributed by atoms with Crippen LogP contribution in [0.25, 0.3) is 21.6 Å². The van der Waals surface area contributed by atoms with Crippen LogP contribution in [0.3, 0.4) is 0 Å². The molecule has 0 fully saturated rings. The van der Waals surface area contributed by atoms with Crippen LogP contribution < -0.4 is 10.2 Å². The van der Waals surface area contributed by atoms with Gasteiger partial charge in [0.25, 0.3) is 5.91 Å². The molecule has 0 unspecified atom stereocenters. The van der Waals surface area contributed by atoms with E-state index in [1.165, 1.54) is 21.0 Å². The van der Waals surface area contributed by atoms with Crippen molar-refractivity contribution in [3.05, 3.63) is 54.0 Å². The molecule has 3 heterocycles. The highest BCUT2D eigenvalue weighted by molar-refractivity contribution is 7.13. The van der Waals surface area contributed by atoms with Crippen LogP contribution in [0.2, 0.25) is 0 Å². The summed E-state index contributed by atoms with van der Waals surface area (Å²) in [6, 6.07) is 12.6. The molecule has 1 atom stereocenters. The number of aromatic nitrogens is 5. The summed E-state index contributed by atoms with van der Waals surface area (Å²) in [4.78, 5) is 34.9. The Kier molecular flexibility index (Phi) is 6.69. The van der Waals surface area contributed by atoms with Gasteiger partial charge in [0, 0.05) is 10.9 Å². The number of anilines is 1. The van der Waals surface area contributed by atoms with Crippen molar-refractivity contribution in [3.63, 3.8) is 0 Å². The largest absolute Gasteiger partial charge is 0.350 e. The normalized spacial score (nSPS) is 12.5. The molecule has 0 aliphatic rings. The summed E-state index contributed by atoms with van der Waals surface area (Å²) < 4.78 is 0. The quantitative estimate of drug-likeness (QED) is 0.435. The van der Waals surface area contributed by atoms with Crippen LogP contribution in [0.4, 0.5) is 5.69 Å². The predicted octanol–water partition coefficient (Wildman–Crippen LogP) is 3.68. The number of nitrogens with zero attached hydrogens (tertiary/aromatic N) is 6. The molecule has 0 aliphatic carbocycles. The number of nitrogens with one attached hydrogen (secondary N) is 1. The summed E-state index contributed by atoms with van der Waals surface area (Å²) in [6.07, 6.45) is 2.05. The van der Waals surface area contributed by atoms with E-state index in [1.54, 1.807) is 6.20 Å². The lowest BCUT2D eigenvalue weighted by atomic mass is 10.1.